The Morgan fingerprint density at radius 2 is 1.74 bits per heavy atom. The number of rotatable bonds is 6. The topological polar surface area (TPSA) is 52.3 Å². The van der Waals surface area contributed by atoms with Gasteiger partial charge < -0.3 is 10.5 Å². The molecule has 0 fully saturated rings. The van der Waals surface area contributed by atoms with Crippen LogP contribution in [0.25, 0.3) is 0 Å². The summed E-state index contributed by atoms with van der Waals surface area (Å²) in [7, 11) is 0. The first-order valence-corrected chi connectivity index (χ1v) is 6.44. The van der Waals surface area contributed by atoms with E-state index < -0.39 is 5.41 Å². The molecule has 0 aliphatic heterocycles. The molecule has 1 aromatic carbocycles. The minimum absolute atomic E-state index is 0. The van der Waals surface area contributed by atoms with Crippen LogP contribution in [-0.2, 0) is 22.4 Å². The highest BCUT2D eigenvalue weighted by atomic mass is 35.5. The van der Waals surface area contributed by atoms with E-state index in [-0.39, 0.29) is 18.4 Å². The zero-order valence-corrected chi connectivity index (χ0v) is 12.8. The van der Waals surface area contributed by atoms with E-state index >= 15 is 0 Å². The van der Waals surface area contributed by atoms with Crippen molar-refractivity contribution in [3.8, 4) is 0 Å². The van der Waals surface area contributed by atoms with E-state index in [0.29, 0.717) is 19.6 Å². The van der Waals surface area contributed by atoms with Crippen molar-refractivity contribution in [1.82, 2.24) is 0 Å². The molecule has 0 unspecified atom stereocenters. The zero-order chi connectivity index (χ0) is 13.6. The maximum Gasteiger partial charge on any atom is 0.311 e. The molecule has 0 bridgehead atoms. The highest BCUT2D eigenvalue weighted by molar-refractivity contribution is 5.85. The third kappa shape index (κ3) is 5.62. The van der Waals surface area contributed by atoms with Gasteiger partial charge in [-0.3, -0.25) is 4.79 Å². The number of carbonyl (C=O) groups is 1. The van der Waals surface area contributed by atoms with Gasteiger partial charge in [0.05, 0.1) is 12.0 Å². The lowest BCUT2D eigenvalue weighted by Gasteiger charge is -2.22. The monoisotopic (exact) mass is 285 g/mol. The Balaban J connectivity index is 0.00000324. The first-order chi connectivity index (χ1) is 8.49. The fourth-order valence-electron chi connectivity index (χ4n) is 1.90. The van der Waals surface area contributed by atoms with Gasteiger partial charge in [-0.05, 0) is 51.3 Å². The molecular formula is C15H24ClNO2. The van der Waals surface area contributed by atoms with Crippen molar-refractivity contribution in [2.75, 3.05) is 13.2 Å². The van der Waals surface area contributed by atoms with E-state index in [1.165, 1.54) is 5.56 Å². The Morgan fingerprint density at radius 3 is 2.21 bits per heavy atom. The van der Waals surface area contributed by atoms with Crippen molar-refractivity contribution in [3.05, 3.63) is 35.4 Å². The fraction of sp³-hybridized carbons (Fsp3) is 0.533. The van der Waals surface area contributed by atoms with E-state index in [2.05, 4.69) is 24.3 Å². The summed E-state index contributed by atoms with van der Waals surface area (Å²) in [5, 5.41) is 0. The van der Waals surface area contributed by atoms with Crippen LogP contribution >= 0.6 is 12.4 Å². The van der Waals surface area contributed by atoms with Crippen LogP contribution in [0.2, 0.25) is 0 Å². The first-order valence-electron chi connectivity index (χ1n) is 6.44. The summed E-state index contributed by atoms with van der Waals surface area (Å²) in [6.07, 6.45) is 1.58. The molecule has 1 aromatic rings. The number of nitrogens with two attached hydrogens (primary N) is 1. The molecule has 0 atom stereocenters. The predicted molar refractivity (Wildman–Crippen MR) is 80.6 cm³/mol. The third-order valence-corrected chi connectivity index (χ3v) is 2.93. The average Bonchev–Trinajstić information content (AvgIpc) is 2.32. The second-order valence-corrected chi connectivity index (χ2v) is 5.14. The first kappa shape index (κ1) is 17.9. The van der Waals surface area contributed by atoms with Gasteiger partial charge in [-0.15, -0.1) is 12.4 Å². The highest BCUT2D eigenvalue weighted by Gasteiger charge is 2.29. The molecular weight excluding hydrogens is 262 g/mol. The lowest BCUT2D eigenvalue weighted by atomic mass is 9.85. The minimum atomic E-state index is -0.481. The van der Waals surface area contributed by atoms with Gasteiger partial charge in [-0.25, -0.2) is 0 Å². The molecule has 4 heteroatoms. The van der Waals surface area contributed by atoms with Gasteiger partial charge in [0.2, 0.25) is 0 Å². The van der Waals surface area contributed by atoms with Crippen molar-refractivity contribution in [1.29, 1.82) is 0 Å². The normalized spacial score (nSPS) is 10.7. The van der Waals surface area contributed by atoms with Crippen molar-refractivity contribution in [2.24, 2.45) is 11.1 Å². The Bertz CT molecular complexity index is 388. The molecule has 2 N–H and O–H groups in total. The maximum absolute atomic E-state index is 11.8. The molecule has 19 heavy (non-hydrogen) atoms. The molecule has 1 rings (SSSR count). The summed E-state index contributed by atoms with van der Waals surface area (Å²) in [6, 6.07) is 8.27. The number of hydrogen-bond donors (Lipinski definition) is 1. The van der Waals surface area contributed by atoms with Crippen molar-refractivity contribution in [3.63, 3.8) is 0 Å². The standard InChI is InChI=1S/C15H23NO2.ClH/c1-4-18-14(17)15(2,3)11-13-7-5-12(6-8-13)9-10-16;/h5-8H,4,9-11,16H2,1-3H3;1H. The number of halogens is 1. The van der Waals surface area contributed by atoms with E-state index in [1.807, 2.05) is 20.8 Å². The summed E-state index contributed by atoms with van der Waals surface area (Å²) >= 11 is 0. The molecule has 0 aliphatic carbocycles. The van der Waals surface area contributed by atoms with Gasteiger partial charge in [-0.2, -0.15) is 0 Å². The smallest absolute Gasteiger partial charge is 0.311 e. The fourth-order valence-corrected chi connectivity index (χ4v) is 1.90. The largest absolute Gasteiger partial charge is 0.466 e. The van der Waals surface area contributed by atoms with E-state index in [1.54, 1.807) is 0 Å². The molecule has 0 radical (unpaired) electrons. The molecule has 0 aromatic heterocycles. The number of ether oxygens (including phenoxy) is 1. The summed E-state index contributed by atoms with van der Waals surface area (Å²) < 4.78 is 5.09. The summed E-state index contributed by atoms with van der Waals surface area (Å²) in [5.74, 6) is -0.143. The molecule has 0 saturated carbocycles. The lowest BCUT2D eigenvalue weighted by molar-refractivity contribution is -0.153. The molecule has 0 amide bonds. The van der Waals surface area contributed by atoms with E-state index in [0.717, 1.165) is 12.0 Å². The number of hydrogen-bond acceptors (Lipinski definition) is 3. The second kappa shape index (κ2) is 8.18. The van der Waals surface area contributed by atoms with Crippen molar-refractivity contribution >= 4 is 18.4 Å². The van der Waals surface area contributed by atoms with Crippen LogP contribution in [0.15, 0.2) is 24.3 Å². The highest BCUT2D eigenvalue weighted by Crippen LogP contribution is 2.23. The van der Waals surface area contributed by atoms with Gasteiger partial charge in [-0.1, -0.05) is 24.3 Å². The summed E-state index contributed by atoms with van der Waals surface area (Å²) in [6.45, 7) is 6.75. The van der Waals surface area contributed by atoms with Crippen LogP contribution in [-0.4, -0.2) is 19.1 Å². The Hall–Kier alpha value is -1.06. The van der Waals surface area contributed by atoms with Crippen LogP contribution in [0, 0.1) is 5.41 Å². The Morgan fingerprint density at radius 1 is 1.21 bits per heavy atom. The predicted octanol–water partition coefficient (Wildman–Crippen LogP) is 2.74. The zero-order valence-electron chi connectivity index (χ0n) is 11.9. The van der Waals surface area contributed by atoms with Gasteiger partial charge in [0.25, 0.3) is 0 Å². The number of carbonyl (C=O) groups excluding carboxylic acids is 1. The Kier molecular flexibility index (Phi) is 7.72. The minimum Gasteiger partial charge on any atom is -0.466 e. The molecule has 0 saturated heterocycles. The molecule has 108 valence electrons. The summed E-state index contributed by atoms with van der Waals surface area (Å²) in [4.78, 5) is 11.8. The quantitative estimate of drug-likeness (QED) is 0.818. The van der Waals surface area contributed by atoms with Gasteiger partial charge in [0.1, 0.15) is 0 Å². The van der Waals surface area contributed by atoms with Crippen LogP contribution in [0.5, 0.6) is 0 Å². The van der Waals surface area contributed by atoms with Crippen LogP contribution in [0.3, 0.4) is 0 Å². The Labute approximate surface area is 121 Å². The van der Waals surface area contributed by atoms with Gasteiger partial charge in [0.15, 0.2) is 0 Å². The number of esters is 1. The maximum atomic E-state index is 11.8. The average molecular weight is 286 g/mol. The molecule has 0 aliphatic rings. The van der Waals surface area contributed by atoms with Gasteiger partial charge >= 0.3 is 5.97 Å². The second-order valence-electron chi connectivity index (χ2n) is 5.14. The molecule has 0 spiro atoms. The van der Waals surface area contributed by atoms with Crippen molar-refractivity contribution in [2.45, 2.75) is 33.6 Å². The SMILES string of the molecule is CCOC(=O)C(C)(C)Cc1ccc(CCN)cc1.Cl. The third-order valence-electron chi connectivity index (χ3n) is 2.93. The van der Waals surface area contributed by atoms with Gasteiger partial charge in [0, 0.05) is 0 Å². The molecule has 3 nitrogen and oxygen atoms in total. The van der Waals surface area contributed by atoms with Crippen LogP contribution < -0.4 is 5.73 Å². The van der Waals surface area contributed by atoms with E-state index in [4.69, 9.17) is 10.5 Å². The number of benzene rings is 1. The molecule has 0 heterocycles. The summed E-state index contributed by atoms with van der Waals surface area (Å²) in [5.41, 5.74) is 7.41. The lowest BCUT2D eigenvalue weighted by Crippen LogP contribution is -2.29. The van der Waals surface area contributed by atoms with Crippen LogP contribution in [0.4, 0.5) is 0 Å². The van der Waals surface area contributed by atoms with E-state index in [9.17, 15) is 4.79 Å². The van der Waals surface area contributed by atoms with Crippen LogP contribution in [0.1, 0.15) is 31.9 Å². The van der Waals surface area contributed by atoms with Crippen molar-refractivity contribution < 1.29 is 9.53 Å².